The highest BCUT2D eigenvalue weighted by Crippen LogP contribution is 2.29. The molecule has 1 aliphatic heterocycles. The fourth-order valence-electron chi connectivity index (χ4n) is 3.32. The van der Waals surface area contributed by atoms with Crippen LogP contribution in [0.15, 0.2) is 24.3 Å². The van der Waals surface area contributed by atoms with Gasteiger partial charge in [0.15, 0.2) is 5.82 Å². The summed E-state index contributed by atoms with van der Waals surface area (Å²) in [6, 6.07) is 7.85. The Hall–Kier alpha value is -2.74. The molecule has 0 spiro atoms. The highest BCUT2D eigenvalue weighted by molar-refractivity contribution is 5.79. The lowest BCUT2D eigenvalue weighted by Crippen LogP contribution is -2.32. The van der Waals surface area contributed by atoms with Gasteiger partial charge in [-0.05, 0) is 32.6 Å². The van der Waals surface area contributed by atoms with Gasteiger partial charge in [0.05, 0.1) is 12.1 Å². The molecular weight excluding hydrogens is 344 g/mol. The number of hydrogen-bond donors (Lipinski definition) is 1. The Bertz CT molecular complexity index is 844. The fraction of sp³-hybridized carbons (Fsp3) is 0.474. The summed E-state index contributed by atoms with van der Waals surface area (Å²) in [5.74, 6) is 0.686. The molecule has 0 aliphatic carbocycles. The summed E-state index contributed by atoms with van der Waals surface area (Å²) < 4.78 is 1.76. The van der Waals surface area contributed by atoms with Gasteiger partial charge in [-0.15, -0.1) is 0 Å². The largest absolute Gasteiger partial charge is 0.369 e. The van der Waals surface area contributed by atoms with Crippen molar-refractivity contribution in [2.24, 2.45) is 5.73 Å². The Morgan fingerprint density at radius 3 is 2.74 bits per heavy atom. The molecule has 2 amide bonds. The second-order valence-electron chi connectivity index (χ2n) is 7.27. The quantitative estimate of drug-likeness (QED) is 0.765. The SMILES string of the molecule is Cc1ccccc1-n1nc(CC(N)=O)nc1C1CC(=O)N(CCN(C)C)C1. The second-order valence-corrected chi connectivity index (χ2v) is 7.27. The number of amides is 2. The van der Waals surface area contributed by atoms with Crippen molar-refractivity contribution >= 4 is 11.8 Å². The minimum atomic E-state index is -0.474. The molecule has 8 nitrogen and oxygen atoms in total. The first-order valence-corrected chi connectivity index (χ1v) is 9.07. The third kappa shape index (κ3) is 4.33. The summed E-state index contributed by atoms with van der Waals surface area (Å²) in [5, 5.41) is 4.52. The van der Waals surface area contributed by atoms with Crippen LogP contribution in [0.1, 0.15) is 29.6 Å². The molecule has 1 saturated heterocycles. The van der Waals surface area contributed by atoms with E-state index in [1.165, 1.54) is 0 Å². The van der Waals surface area contributed by atoms with Crippen LogP contribution in [-0.2, 0) is 16.0 Å². The zero-order valence-electron chi connectivity index (χ0n) is 16.1. The first-order chi connectivity index (χ1) is 12.8. The first-order valence-electron chi connectivity index (χ1n) is 9.07. The van der Waals surface area contributed by atoms with E-state index in [1.807, 2.05) is 50.2 Å². The monoisotopic (exact) mass is 370 g/mol. The normalized spacial score (nSPS) is 17.1. The number of benzene rings is 1. The maximum absolute atomic E-state index is 12.4. The second kappa shape index (κ2) is 7.87. The molecule has 2 heterocycles. The Morgan fingerprint density at radius 1 is 1.33 bits per heavy atom. The van der Waals surface area contributed by atoms with Crippen LogP contribution >= 0.6 is 0 Å². The molecule has 0 saturated carbocycles. The number of likely N-dealkylation sites (tertiary alicyclic amines) is 1. The number of primary amides is 1. The Balaban J connectivity index is 1.92. The van der Waals surface area contributed by atoms with Crippen LogP contribution in [0.5, 0.6) is 0 Å². The van der Waals surface area contributed by atoms with Crippen LogP contribution in [0.2, 0.25) is 0 Å². The average molecular weight is 370 g/mol. The van der Waals surface area contributed by atoms with Crippen LogP contribution in [0.4, 0.5) is 0 Å². The topological polar surface area (TPSA) is 97.3 Å². The number of nitrogens with zero attached hydrogens (tertiary/aromatic N) is 5. The molecule has 1 aromatic heterocycles. The summed E-state index contributed by atoms with van der Waals surface area (Å²) in [4.78, 5) is 32.3. The van der Waals surface area contributed by atoms with Gasteiger partial charge < -0.3 is 15.5 Å². The van der Waals surface area contributed by atoms with E-state index < -0.39 is 5.91 Å². The molecule has 1 unspecified atom stereocenters. The number of likely N-dealkylation sites (N-methyl/N-ethyl adjacent to an activating group) is 1. The number of aryl methyl sites for hydroxylation is 1. The fourth-order valence-corrected chi connectivity index (χ4v) is 3.32. The molecule has 2 N–H and O–H groups in total. The van der Waals surface area contributed by atoms with Gasteiger partial charge in [0, 0.05) is 32.0 Å². The minimum Gasteiger partial charge on any atom is -0.369 e. The molecule has 0 bridgehead atoms. The maximum Gasteiger partial charge on any atom is 0.225 e. The van der Waals surface area contributed by atoms with Crippen molar-refractivity contribution in [3.63, 3.8) is 0 Å². The maximum atomic E-state index is 12.4. The van der Waals surface area contributed by atoms with E-state index in [1.54, 1.807) is 4.68 Å². The van der Waals surface area contributed by atoms with Crippen LogP contribution in [0, 0.1) is 6.92 Å². The molecule has 1 aliphatic rings. The van der Waals surface area contributed by atoms with Gasteiger partial charge in [-0.2, -0.15) is 5.10 Å². The van der Waals surface area contributed by atoms with E-state index in [0.29, 0.717) is 31.2 Å². The number of rotatable bonds is 7. The van der Waals surface area contributed by atoms with E-state index in [0.717, 1.165) is 17.8 Å². The van der Waals surface area contributed by atoms with Gasteiger partial charge >= 0.3 is 0 Å². The summed E-state index contributed by atoms with van der Waals surface area (Å²) in [6.07, 6.45) is 0.380. The van der Waals surface area contributed by atoms with Gasteiger partial charge in [0.2, 0.25) is 11.8 Å². The molecule has 2 aromatic rings. The van der Waals surface area contributed by atoms with Crippen LogP contribution < -0.4 is 5.73 Å². The zero-order valence-corrected chi connectivity index (χ0v) is 16.1. The Kier molecular flexibility index (Phi) is 5.55. The van der Waals surface area contributed by atoms with Crippen molar-refractivity contribution < 1.29 is 9.59 Å². The average Bonchev–Trinajstić information content (AvgIpc) is 3.16. The third-order valence-corrected chi connectivity index (χ3v) is 4.75. The van der Waals surface area contributed by atoms with Crippen molar-refractivity contribution in [1.82, 2.24) is 24.6 Å². The molecule has 1 fully saturated rings. The number of carbonyl (C=O) groups is 2. The van der Waals surface area contributed by atoms with Gasteiger partial charge in [0.25, 0.3) is 0 Å². The van der Waals surface area contributed by atoms with Crippen molar-refractivity contribution in [3.8, 4) is 5.69 Å². The molecule has 3 rings (SSSR count). The smallest absolute Gasteiger partial charge is 0.225 e. The summed E-state index contributed by atoms with van der Waals surface area (Å²) in [6.45, 7) is 4.11. The van der Waals surface area contributed by atoms with Crippen molar-refractivity contribution in [3.05, 3.63) is 41.5 Å². The van der Waals surface area contributed by atoms with E-state index in [9.17, 15) is 9.59 Å². The number of hydrogen-bond acceptors (Lipinski definition) is 5. The highest BCUT2D eigenvalue weighted by atomic mass is 16.2. The van der Waals surface area contributed by atoms with Gasteiger partial charge in [-0.1, -0.05) is 18.2 Å². The lowest BCUT2D eigenvalue weighted by molar-refractivity contribution is -0.127. The molecule has 0 radical (unpaired) electrons. The molecule has 27 heavy (non-hydrogen) atoms. The highest BCUT2D eigenvalue weighted by Gasteiger charge is 2.34. The molecule has 1 aromatic carbocycles. The third-order valence-electron chi connectivity index (χ3n) is 4.75. The van der Waals surface area contributed by atoms with Crippen molar-refractivity contribution in [2.45, 2.75) is 25.7 Å². The predicted molar refractivity (Wildman–Crippen MR) is 101 cm³/mol. The first kappa shape index (κ1) is 19.0. The number of carbonyl (C=O) groups excluding carboxylic acids is 2. The molecular formula is C19H26N6O2. The van der Waals surface area contributed by atoms with E-state index in [2.05, 4.69) is 15.0 Å². The standard InChI is InChI=1S/C19H26N6O2/c1-13-6-4-5-7-15(13)25-19(21-17(22-25)11-16(20)26)14-10-18(27)24(12-14)9-8-23(2)3/h4-7,14H,8-12H2,1-3H3,(H2,20,26). The van der Waals surface area contributed by atoms with Crippen LogP contribution in [0.25, 0.3) is 5.69 Å². The van der Waals surface area contributed by atoms with Gasteiger partial charge in [-0.3, -0.25) is 9.59 Å². The zero-order chi connectivity index (χ0) is 19.6. The van der Waals surface area contributed by atoms with Crippen LogP contribution in [-0.4, -0.2) is 70.1 Å². The predicted octanol–water partition coefficient (Wildman–Crippen LogP) is 0.481. The number of aromatic nitrogens is 3. The lowest BCUT2D eigenvalue weighted by atomic mass is 10.1. The summed E-state index contributed by atoms with van der Waals surface area (Å²) in [5.41, 5.74) is 7.27. The summed E-state index contributed by atoms with van der Waals surface area (Å²) >= 11 is 0. The van der Waals surface area contributed by atoms with E-state index in [4.69, 9.17) is 5.73 Å². The van der Waals surface area contributed by atoms with E-state index >= 15 is 0 Å². The Labute approximate surface area is 159 Å². The van der Waals surface area contributed by atoms with Gasteiger partial charge in [-0.25, -0.2) is 9.67 Å². The van der Waals surface area contributed by atoms with Gasteiger partial charge in [0.1, 0.15) is 5.82 Å². The molecule has 8 heteroatoms. The molecule has 1 atom stereocenters. The van der Waals surface area contributed by atoms with E-state index in [-0.39, 0.29) is 18.2 Å². The minimum absolute atomic E-state index is 0.0170. The van der Waals surface area contributed by atoms with Crippen molar-refractivity contribution in [2.75, 3.05) is 33.7 Å². The summed E-state index contributed by atoms with van der Waals surface area (Å²) in [7, 11) is 3.98. The number of nitrogens with two attached hydrogens (primary N) is 1. The van der Waals surface area contributed by atoms with Crippen molar-refractivity contribution in [1.29, 1.82) is 0 Å². The number of para-hydroxylation sites is 1. The van der Waals surface area contributed by atoms with Crippen LogP contribution in [0.3, 0.4) is 0 Å². The Morgan fingerprint density at radius 2 is 2.07 bits per heavy atom. The lowest BCUT2D eigenvalue weighted by Gasteiger charge is -2.19. The molecule has 144 valence electrons.